The van der Waals surface area contributed by atoms with E-state index in [1.807, 2.05) is 23.5 Å². The zero-order chi connectivity index (χ0) is 21.5. The highest BCUT2D eigenvalue weighted by atomic mass is 32.1. The standard InChI is InChI=1S/C22H23N5O3S/c1-3-12-26-18(28)17-15-6-5-7-16(15)31-19(17)27-21(24-25-22(26)27)23-14-10-8-13(9-11-14)20(29)30-4-2/h3,8-11,20,29H,1,4-7,12H2,2H3,(H,23,24). The van der Waals surface area contributed by atoms with Crippen LogP contribution < -0.4 is 10.9 Å². The molecule has 3 aromatic heterocycles. The lowest BCUT2D eigenvalue weighted by Gasteiger charge is -2.12. The summed E-state index contributed by atoms with van der Waals surface area (Å²) in [4.78, 5) is 15.4. The summed E-state index contributed by atoms with van der Waals surface area (Å²) < 4.78 is 8.77. The molecular formula is C22H23N5O3S. The maximum atomic E-state index is 13.3. The minimum absolute atomic E-state index is 0.0324. The number of rotatable bonds is 7. The highest BCUT2D eigenvalue weighted by Gasteiger charge is 2.25. The van der Waals surface area contributed by atoms with Crippen molar-refractivity contribution in [1.29, 1.82) is 0 Å². The van der Waals surface area contributed by atoms with Crippen molar-refractivity contribution in [3.05, 3.63) is 63.3 Å². The maximum absolute atomic E-state index is 13.3. The molecule has 0 fully saturated rings. The SMILES string of the molecule is C=CCn1c(=O)c2c3c(sc2n2c(Nc4ccc(C(O)OCC)cc4)nnc12)CCC3. The summed E-state index contributed by atoms with van der Waals surface area (Å²) in [6, 6.07) is 7.30. The second-order valence-electron chi connectivity index (χ2n) is 7.46. The van der Waals surface area contributed by atoms with E-state index >= 15 is 0 Å². The molecule has 0 radical (unpaired) electrons. The number of anilines is 2. The Labute approximate surface area is 182 Å². The zero-order valence-corrected chi connectivity index (χ0v) is 18.0. The van der Waals surface area contributed by atoms with Crippen LogP contribution in [0.15, 0.2) is 41.7 Å². The summed E-state index contributed by atoms with van der Waals surface area (Å²) >= 11 is 1.65. The first-order valence-electron chi connectivity index (χ1n) is 10.3. The molecule has 0 amide bonds. The average molecular weight is 438 g/mol. The monoisotopic (exact) mass is 437 g/mol. The van der Waals surface area contributed by atoms with Gasteiger partial charge in [-0.05, 0) is 43.9 Å². The van der Waals surface area contributed by atoms with E-state index in [2.05, 4.69) is 22.1 Å². The molecule has 5 rings (SSSR count). The molecule has 0 saturated carbocycles. The molecule has 4 aromatic rings. The van der Waals surface area contributed by atoms with Crippen molar-refractivity contribution in [2.75, 3.05) is 11.9 Å². The number of thiophene rings is 1. The third-order valence-corrected chi connectivity index (χ3v) is 6.82. The number of allylic oxidation sites excluding steroid dienone is 1. The van der Waals surface area contributed by atoms with Crippen LogP contribution in [0.4, 0.5) is 11.6 Å². The Bertz CT molecular complexity index is 1340. The first kappa shape index (κ1) is 19.9. The van der Waals surface area contributed by atoms with Crippen molar-refractivity contribution in [3.63, 3.8) is 0 Å². The Morgan fingerprint density at radius 1 is 1.32 bits per heavy atom. The van der Waals surface area contributed by atoms with Gasteiger partial charge >= 0.3 is 0 Å². The van der Waals surface area contributed by atoms with E-state index in [1.54, 1.807) is 34.1 Å². The van der Waals surface area contributed by atoms with Gasteiger partial charge in [0.05, 0.1) is 5.39 Å². The van der Waals surface area contributed by atoms with Gasteiger partial charge in [0.1, 0.15) is 4.83 Å². The molecule has 1 unspecified atom stereocenters. The lowest BCUT2D eigenvalue weighted by Crippen LogP contribution is -2.23. The van der Waals surface area contributed by atoms with Gasteiger partial charge in [-0.3, -0.25) is 9.36 Å². The van der Waals surface area contributed by atoms with Crippen molar-refractivity contribution in [2.24, 2.45) is 0 Å². The predicted molar refractivity (Wildman–Crippen MR) is 121 cm³/mol. The lowest BCUT2D eigenvalue weighted by molar-refractivity contribution is -0.0979. The molecule has 1 aliphatic rings. The lowest BCUT2D eigenvalue weighted by atomic mass is 10.2. The summed E-state index contributed by atoms with van der Waals surface area (Å²) in [7, 11) is 0. The fourth-order valence-corrected chi connectivity index (χ4v) is 5.50. The van der Waals surface area contributed by atoms with Gasteiger partial charge in [0, 0.05) is 29.3 Å². The fraction of sp³-hybridized carbons (Fsp3) is 0.318. The van der Waals surface area contributed by atoms with Gasteiger partial charge < -0.3 is 15.2 Å². The van der Waals surface area contributed by atoms with Crippen molar-refractivity contribution >= 4 is 39.0 Å². The largest absolute Gasteiger partial charge is 0.364 e. The summed E-state index contributed by atoms with van der Waals surface area (Å²) in [6.45, 7) is 6.43. The molecule has 2 N–H and O–H groups in total. The molecule has 31 heavy (non-hydrogen) atoms. The molecule has 1 atom stereocenters. The Hall–Kier alpha value is -3.01. The van der Waals surface area contributed by atoms with Gasteiger partial charge in [0.15, 0.2) is 6.29 Å². The number of nitrogens with zero attached hydrogens (tertiary/aromatic N) is 4. The molecule has 0 saturated heterocycles. The minimum atomic E-state index is -0.950. The Kier molecular flexibility index (Phi) is 5.09. The van der Waals surface area contributed by atoms with E-state index in [-0.39, 0.29) is 5.56 Å². The van der Waals surface area contributed by atoms with E-state index in [0.717, 1.165) is 35.2 Å². The third kappa shape index (κ3) is 3.25. The van der Waals surface area contributed by atoms with E-state index in [4.69, 9.17) is 4.74 Å². The first-order chi connectivity index (χ1) is 15.1. The molecule has 8 nitrogen and oxygen atoms in total. The minimum Gasteiger partial charge on any atom is -0.364 e. The average Bonchev–Trinajstić information content (AvgIpc) is 3.46. The quantitative estimate of drug-likeness (QED) is 0.339. The molecule has 1 aliphatic carbocycles. The Balaban J connectivity index is 1.62. The molecule has 0 spiro atoms. The predicted octanol–water partition coefficient (Wildman–Crippen LogP) is 3.55. The zero-order valence-electron chi connectivity index (χ0n) is 17.2. The van der Waals surface area contributed by atoms with Gasteiger partial charge in [0.25, 0.3) is 5.56 Å². The molecule has 0 aliphatic heterocycles. The summed E-state index contributed by atoms with van der Waals surface area (Å²) in [6.07, 6.45) is 3.77. The van der Waals surface area contributed by atoms with Gasteiger partial charge in [-0.25, -0.2) is 4.40 Å². The van der Waals surface area contributed by atoms with E-state index in [1.165, 1.54) is 10.4 Å². The molecule has 3 heterocycles. The van der Waals surface area contributed by atoms with Crippen LogP contribution in [0.25, 0.3) is 16.0 Å². The number of fused-ring (bicyclic) bond motifs is 5. The summed E-state index contributed by atoms with van der Waals surface area (Å²) in [5.74, 6) is 1.03. The summed E-state index contributed by atoms with van der Waals surface area (Å²) in [5, 5.41) is 22.7. The van der Waals surface area contributed by atoms with Crippen molar-refractivity contribution in [3.8, 4) is 0 Å². The number of aliphatic hydroxyl groups is 1. The molecule has 160 valence electrons. The molecule has 9 heteroatoms. The van der Waals surface area contributed by atoms with Gasteiger partial charge in [-0.15, -0.1) is 28.1 Å². The van der Waals surface area contributed by atoms with Crippen molar-refractivity contribution < 1.29 is 9.84 Å². The molecule has 0 bridgehead atoms. The van der Waals surface area contributed by atoms with E-state index in [9.17, 15) is 9.90 Å². The maximum Gasteiger partial charge on any atom is 0.264 e. The number of nitrogens with one attached hydrogen (secondary N) is 1. The van der Waals surface area contributed by atoms with Crippen LogP contribution in [-0.4, -0.2) is 30.9 Å². The normalized spacial score (nSPS) is 14.3. The van der Waals surface area contributed by atoms with Gasteiger partial charge in [0.2, 0.25) is 11.7 Å². The van der Waals surface area contributed by atoms with E-state index in [0.29, 0.717) is 30.4 Å². The van der Waals surface area contributed by atoms with Gasteiger partial charge in [-0.2, -0.15) is 0 Å². The second kappa shape index (κ2) is 7.92. The number of aryl methyl sites for hydroxylation is 2. The number of aromatic nitrogens is 4. The Morgan fingerprint density at radius 2 is 2.13 bits per heavy atom. The Morgan fingerprint density at radius 3 is 2.87 bits per heavy atom. The van der Waals surface area contributed by atoms with Crippen molar-refractivity contribution in [2.45, 2.75) is 39.0 Å². The second-order valence-corrected chi connectivity index (χ2v) is 8.54. The first-order valence-corrected chi connectivity index (χ1v) is 11.1. The highest BCUT2D eigenvalue weighted by Crippen LogP contribution is 2.37. The van der Waals surface area contributed by atoms with Gasteiger partial charge in [-0.1, -0.05) is 18.2 Å². The number of aliphatic hydroxyl groups excluding tert-OH is 1. The topological polar surface area (TPSA) is 93.7 Å². The summed E-state index contributed by atoms with van der Waals surface area (Å²) in [5.41, 5.74) is 2.60. The number of hydrogen-bond acceptors (Lipinski definition) is 7. The van der Waals surface area contributed by atoms with Crippen LogP contribution in [-0.2, 0) is 24.1 Å². The highest BCUT2D eigenvalue weighted by molar-refractivity contribution is 7.19. The third-order valence-electron chi connectivity index (χ3n) is 5.54. The fourth-order valence-electron chi connectivity index (χ4n) is 4.12. The number of benzene rings is 1. The molecular weight excluding hydrogens is 414 g/mol. The van der Waals surface area contributed by atoms with Crippen LogP contribution in [0.2, 0.25) is 0 Å². The van der Waals surface area contributed by atoms with E-state index < -0.39 is 6.29 Å². The molecule has 1 aromatic carbocycles. The van der Waals surface area contributed by atoms with Crippen LogP contribution in [0, 0.1) is 0 Å². The van der Waals surface area contributed by atoms with Crippen LogP contribution in [0.3, 0.4) is 0 Å². The smallest absolute Gasteiger partial charge is 0.264 e. The number of ether oxygens (including phenoxy) is 1. The van der Waals surface area contributed by atoms with Crippen LogP contribution >= 0.6 is 11.3 Å². The van der Waals surface area contributed by atoms with Crippen LogP contribution in [0.1, 0.15) is 35.6 Å². The number of hydrogen-bond donors (Lipinski definition) is 2. The van der Waals surface area contributed by atoms with Crippen LogP contribution in [0.5, 0.6) is 0 Å². The van der Waals surface area contributed by atoms with Crippen molar-refractivity contribution in [1.82, 2.24) is 19.2 Å².